The Morgan fingerprint density at radius 3 is 2.70 bits per heavy atom. The van der Waals surface area contributed by atoms with Gasteiger partial charge in [0.05, 0.1) is 0 Å². The number of alkyl halides is 3. The van der Waals surface area contributed by atoms with Crippen LogP contribution in [0.1, 0.15) is 40.7 Å². The van der Waals surface area contributed by atoms with Crippen LogP contribution in [0.25, 0.3) is 0 Å². The molecular formula is C14H17F3N2O. The number of unbranched alkanes of at least 4 members (excludes halogenated alkanes) is 1. The van der Waals surface area contributed by atoms with E-state index in [4.69, 9.17) is 0 Å². The van der Waals surface area contributed by atoms with Crippen molar-refractivity contribution in [3.05, 3.63) is 34.9 Å². The number of halogens is 3. The molecule has 0 atom stereocenters. The van der Waals surface area contributed by atoms with Crippen LogP contribution < -0.4 is 10.6 Å². The molecule has 1 aromatic rings. The lowest BCUT2D eigenvalue weighted by molar-refractivity contribution is -0.135. The average Bonchev–Trinajstić information content (AvgIpc) is 2.83. The molecule has 0 aromatic heterocycles. The van der Waals surface area contributed by atoms with E-state index in [0.717, 1.165) is 18.7 Å². The third-order valence-corrected chi connectivity index (χ3v) is 3.27. The molecule has 1 amide bonds. The highest BCUT2D eigenvalue weighted by Gasteiger charge is 2.25. The quantitative estimate of drug-likeness (QED) is 0.817. The van der Waals surface area contributed by atoms with Crippen molar-refractivity contribution in [1.29, 1.82) is 0 Å². The molecule has 3 nitrogen and oxygen atoms in total. The molecule has 20 heavy (non-hydrogen) atoms. The molecule has 1 heterocycles. The van der Waals surface area contributed by atoms with Crippen molar-refractivity contribution < 1.29 is 18.0 Å². The molecule has 1 aliphatic heterocycles. The van der Waals surface area contributed by atoms with E-state index in [1.165, 1.54) is 5.56 Å². The number of rotatable bonds is 5. The summed E-state index contributed by atoms with van der Waals surface area (Å²) in [6, 6.07) is 5.49. The third kappa shape index (κ3) is 4.23. The third-order valence-electron chi connectivity index (χ3n) is 3.27. The fourth-order valence-electron chi connectivity index (χ4n) is 2.19. The first-order valence-corrected chi connectivity index (χ1v) is 6.63. The van der Waals surface area contributed by atoms with Crippen molar-refractivity contribution in [2.45, 2.75) is 38.5 Å². The van der Waals surface area contributed by atoms with Crippen LogP contribution in [0.4, 0.5) is 13.2 Å². The Hall–Kier alpha value is -1.56. The highest BCUT2D eigenvalue weighted by atomic mass is 19.4. The molecule has 0 saturated carbocycles. The maximum atomic E-state index is 11.9. The number of fused-ring (bicyclic) bond motifs is 1. The number of hydrogen-bond donors (Lipinski definition) is 2. The number of carbonyl (C=O) groups excluding carboxylic acids is 1. The predicted molar refractivity (Wildman–Crippen MR) is 69.2 cm³/mol. The SMILES string of the molecule is O=C(NCCCCC(F)(F)F)c1ccc2c(c1)CNC2. The maximum absolute atomic E-state index is 11.9. The predicted octanol–water partition coefficient (Wildman–Crippen LogP) is 2.75. The minimum atomic E-state index is -4.11. The Morgan fingerprint density at radius 1 is 1.20 bits per heavy atom. The normalized spacial score (nSPS) is 14.2. The maximum Gasteiger partial charge on any atom is 0.389 e. The lowest BCUT2D eigenvalue weighted by Crippen LogP contribution is -2.24. The largest absolute Gasteiger partial charge is 0.389 e. The summed E-state index contributed by atoms with van der Waals surface area (Å²) >= 11 is 0. The van der Waals surface area contributed by atoms with Gasteiger partial charge in [0.15, 0.2) is 0 Å². The van der Waals surface area contributed by atoms with Crippen LogP contribution in [0.15, 0.2) is 18.2 Å². The molecule has 0 saturated heterocycles. The van der Waals surface area contributed by atoms with E-state index in [1.807, 2.05) is 12.1 Å². The van der Waals surface area contributed by atoms with Gasteiger partial charge in [0, 0.05) is 31.6 Å². The van der Waals surface area contributed by atoms with Crippen molar-refractivity contribution in [3.8, 4) is 0 Å². The zero-order valence-electron chi connectivity index (χ0n) is 11.0. The van der Waals surface area contributed by atoms with Gasteiger partial charge in [0.25, 0.3) is 5.91 Å². The number of nitrogens with one attached hydrogen (secondary N) is 2. The van der Waals surface area contributed by atoms with E-state index in [-0.39, 0.29) is 18.9 Å². The van der Waals surface area contributed by atoms with E-state index < -0.39 is 12.6 Å². The minimum Gasteiger partial charge on any atom is -0.352 e. The Morgan fingerprint density at radius 2 is 1.95 bits per heavy atom. The van der Waals surface area contributed by atoms with Crippen molar-refractivity contribution in [1.82, 2.24) is 10.6 Å². The van der Waals surface area contributed by atoms with Crippen LogP contribution in [0.5, 0.6) is 0 Å². The van der Waals surface area contributed by atoms with E-state index >= 15 is 0 Å². The Labute approximate surface area is 115 Å². The number of carbonyl (C=O) groups is 1. The summed E-state index contributed by atoms with van der Waals surface area (Å²) < 4.78 is 35.8. The van der Waals surface area contributed by atoms with Gasteiger partial charge in [0.1, 0.15) is 0 Å². The molecule has 0 unspecified atom stereocenters. The minimum absolute atomic E-state index is 0.0396. The smallest absolute Gasteiger partial charge is 0.352 e. The van der Waals surface area contributed by atoms with Crippen molar-refractivity contribution in [3.63, 3.8) is 0 Å². The van der Waals surface area contributed by atoms with Gasteiger partial charge in [-0.05, 0) is 36.1 Å². The van der Waals surface area contributed by atoms with Crippen LogP contribution in [0.2, 0.25) is 0 Å². The van der Waals surface area contributed by atoms with Crippen molar-refractivity contribution in [2.24, 2.45) is 0 Å². The fourth-order valence-corrected chi connectivity index (χ4v) is 2.19. The van der Waals surface area contributed by atoms with Crippen LogP contribution in [0, 0.1) is 0 Å². The number of hydrogen-bond acceptors (Lipinski definition) is 2. The van der Waals surface area contributed by atoms with Gasteiger partial charge in [-0.25, -0.2) is 0 Å². The molecule has 0 fully saturated rings. The zero-order valence-corrected chi connectivity index (χ0v) is 11.0. The van der Waals surface area contributed by atoms with Gasteiger partial charge in [-0.3, -0.25) is 4.79 Å². The molecule has 1 aliphatic rings. The van der Waals surface area contributed by atoms with Gasteiger partial charge in [-0.1, -0.05) is 6.07 Å². The summed E-state index contributed by atoms with van der Waals surface area (Å²) in [5.74, 6) is -0.230. The molecule has 0 bridgehead atoms. The van der Waals surface area contributed by atoms with Gasteiger partial charge < -0.3 is 10.6 Å². The standard InChI is InChI=1S/C14H17F3N2O/c15-14(16,17)5-1-2-6-19-13(20)10-3-4-11-8-18-9-12(11)7-10/h3-4,7,18H,1-2,5-6,8-9H2,(H,19,20). The lowest BCUT2D eigenvalue weighted by atomic mass is 10.1. The first-order chi connectivity index (χ1) is 9.46. The number of benzene rings is 1. The lowest BCUT2D eigenvalue weighted by Gasteiger charge is -2.08. The molecule has 1 aromatic carbocycles. The summed E-state index contributed by atoms with van der Waals surface area (Å²) in [7, 11) is 0. The van der Waals surface area contributed by atoms with Crippen LogP contribution >= 0.6 is 0 Å². The van der Waals surface area contributed by atoms with Gasteiger partial charge >= 0.3 is 6.18 Å². The second kappa shape index (κ2) is 6.26. The van der Waals surface area contributed by atoms with Gasteiger partial charge in [0.2, 0.25) is 0 Å². The zero-order chi connectivity index (χ0) is 14.6. The van der Waals surface area contributed by atoms with Crippen LogP contribution in [-0.4, -0.2) is 18.6 Å². The molecule has 6 heteroatoms. The van der Waals surface area contributed by atoms with Crippen LogP contribution in [0.3, 0.4) is 0 Å². The van der Waals surface area contributed by atoms with Crippen molar-refractivity contribution >= 4 is 5.91 Å². The summed E-state index contributed by atoms with van der Waals surface area (Å²) in [6.07, 6.45) is -4.54. The first kappa shape index (κ1) is 14.8. The fraction of sp³-hybridized carbons (Fsp3) is 0.500. The topological polar surface area (TPSA) is 41.1 Å². The van der Waals surface area contributed by atoms with E-state index in [9.17, 15) is 18.0 Å². The Balaban J connectivity index is 1.75. The van der Waals surface area contributed by atoms with Crippen LogP contribution in [-0.2, 0) is 13.1 Å². The summed E-state index contributed by atoms with van der Waals surface area (Å²) in [4.78, 5) is 11.9. The summed E-state index contributed by atoms with van der Waals surface area (Å²) in [5, 5.41) is 5.84. The van der Waals surface area contributed by atoms with Gasteiger partial charge in [-0.15, -0.1) is 0 Å². The highest BCUT2D eigenvalue weighted by Crippen LogP contribution is 2.22. The molecule has 2 rings (SSSR count). The monoisotopic (exact) mass is 286 g/mol. The van der Waals surface area contributed by atoms with Crippen molar-refractivity contribution in [2.75, 3.05) is 6.54 Å². The number of amides is 1. The molecule has 110 valence electrons. The average molecular weight is 286 g/mol. The summed E-state index contributed by atoms with van der Waals surface area (Å²) in [6.45, 7) is 1.83. The van der Waals surface area contributed by atoms with Gasteiger partial charge in [-0.2, -0.15) is 13.2 Å². The molecule has 0 aliphatic carbocycles. The van der Waals surface area contributed by atoms with E-state index in [0.29, 0.717) is 12.0 Å². The molecule has 0 radical (unpaired) electrons. The highest BCUT2D eigenvalue weighted by molar-refractivity contribution is 5.94. The Kier molecular flexibility index (Phi) is 4.65. The molecule has 0 spiro atoms. The second-order valence-corrected chi connectivity index (χ2v) is 4.92. The molecular weight excluding hydrogens is 269 g/mol. The first-order valence-electron chi connectivity index (χ1n) is 6.63. The second-order valence-electron chi connectivity index (χ2n) is 4.92. The summed E-state index contributed by atoms with van der Waals surface area (Å²) in [5.41, 5.74) is 2.85. The van der Waals surface area contributed by atoms with E-state index in [1.54, 1.807) is 6.07 Å². The molecule has 2 N–H and O–H groups in total. The van der Waals surface area contributed by atoms with E-state index in [2.05, 4.69) is 10.6 Å². The Bertz CT molecular complexity index is 486.